The molecule has 6 heteroatoms. The van der Waals surface area contributed by atoms with Crippen molar-refractivity contribution < 1.29 is 9.34 Å². The molecule has 0 unspecified atom stereocenters. The number of nitro groups is 1. The Morgan fingerprint density at radius 3 is 2.67 bits per heavy atom. The smallest absolute Gasteiger partial charge is 0.280 e. The van der Waals surface area contributed by atoms with Gasteiger partial charge >= 0.3 is 0 Å². The minimum absolute atomic E-state index is 0.00107. The van der Waals surface area contributed by atoms with Crippen LogP contribution in [0.1, 0.15) is 11.3 Å². The fourth-order valence-electron chi connectivity index (χ4n) is 1.62. The van der Waals surface area contributed by atoms with Gasteiger partial charge in [0.1, 0.15) is 10.7 Å². The third-order valence-electron chi connectivity index (χ3n) is 2.46. The molecule has 92 valence electrons. The van der Waals surface area contributed by atoms with Crippen molar-refractivity contribution in [2.24, 2.45) is 5.73 Å². The molecule has 0 spiro atoms. The zero-order valence-electron chi connectivity index (χ0n) is 9.54. The van der Waals surface area contributed by atoms with E-state index in [-0.39, 0.29) is 10.7 Å². The van der Waals surface area contributed by atoms with Crippen molar-refractivity contribution in [3.63, 3.8) is 0 Å². The fraction of sp³-hybridized carbons (Fsp3) is 0.0833. The maximum Gasteiger partial charge on any atom is 0.280 e. The fourth-order valence-corrected chi connectivity index (χ4v) is 1.73. The van der Waals surface area contributed by atoms with Gasteiger partial charge in [0, 0.05) is 6.07 Å². The van der Waals surface area contributed by atoms with E-state index in [1.807, 2.05) is 0 Å². The van der Waals surface area contributed by atoms with E-state index in [1.54, 1.807) is 31.2 Å². The SMILES string of the molecule is Cc1ccc(-c2ccc(C(N)=S)o2)c([N+](=O)[O-])c1. The van der Waals surface area contributed by atoms with Crippen LogP contribution < -0.4 is 5.73 Å². The van der Waals surface area contributed by atoms with Crippen molar-refractivity contribution >= 4 is 22.9 Å². The summed E-state index contributed by atoms with van der Waals surface area (Å²) >= 11 is 4.78. The molecule has 1 aromatic heterocycles. The largest absolute Gasteiger partial charge is 0.453 e. The summed E-state index contributed by atoms with van der Waals surface area (Å²) in [6, 6.07) is 8.15. The van der Waals surface area contributed by atoms with Crippen LogP contribution in [-0.2, 0) is 0 Å². The zero-order valence-corrected chi connectivity index (χ0v) is 10.4. The Balaban J connectivity index is 2.55. The molecule has 0 saturated heterocycles. The van der Waals surface area contributed by atoms with E-state index in [4.69, 9.17) is 22.4 Å². The second kappa shape index (κ2) is 4.58. The first kappa shape index (κ1) is 12.3. The molecule has 18 heavy (non-hydrogen) atoms. The maximum absolute atomic E-state index is 11.0. The van der Waals surface area contributed by atoms with Crippen LogP contribution >= 0.6 is 12.2 Å². The number of furan rings is 1. The van der Waals surface area contributed by atoms with Crippen molar-refractivity contribution in [2.75, 3.05) is 0 Å². The summed E-state index contributed by atoms with van der Waals surface area (Å²) in [6.07, 6.45) is 0. The van der Waals surface area contributed by atoms with Crippen LogP contribution in [0.2, 0.25) is 0 Å². The molecule has 0 amide bonds. The van der Waals surface area contributed by atoms with E-state index < -0.39 is 4.92 Å². The summed E-state index contributed by atoms with van der Waals surface area (Å²) in [5.74, 6) is 0.722. The Kier molecular flexibility index (Phi) is 3.12. The number of hydrogen-bond donors (Lipinski definition) is 1. The first-order valence-corrected chi connectivity index (χ1v) is 5.55. The van der Waals surface area contributed by atoms with Gasteiger partial charge in [-0.05, 0) is 30.7 Å². The average Bonchev–Trinajstić information content (AvgIpc) is 2.78. The Labute approximate surface area is 108 Å². The summed E-state index contributed by atoms with van der Waals surface area (Å²) in [7, 11) is 0. The van der Waals surface area contributed by atoms with Gasteiger partial charge in [0.15, 0.2) is 5.76 Å². The average molecular weight is 262 g/mol. The first-order chi connectivity index (χ1) is 8.49. The van der Waals surface area contributed by atoms with Crippen molar-refractivity contribution in [3.8, 4) is 11.3 Å². The number of nitrogens with two attached hydrogens (primary N) is 1. The first-order valence-electron chi connectivity index (χ1n) is 5.14. The number of aryl methyl sites for hydroxylation is 1. The minimum Gasteiger partial charge on any atom is -0.453 e. The minimum atomic E-state index is -0.439. The summed E-state index contributed by atoms with van der Waals surface area (Å²) in [6.45, 7) is 1.79. The van der Waals surface area contributed by atoms with E-state index >= 15 is 0 Å². The van der Waals surface area contributed by atoms with E-state index in [0.717, 1.165) is 5.56 Å². The van der Waals surface area contributed by atoms with Crippen LogP contribution in [0.4, 0.5) is 5.69 Å². The summed E-state index contributed by atoms with van der Waals surface area (Å²) in [4.78, 5) is 10.7. The summed E-state index contributed by atoms with van der Waals surface area (Å²) < 4.78 is 5.39. The second-order valence-corrected chi connectivity index (χ2v) is 4.25. The number of nitrogens with zero attached hydrogens (tertiary/aromatic N) is 1. The molecular weight excluding hydrogens is 252 g/mol. The van der Waals surface area contributed by atoms with E-state index in [0.29, 0.717) is 17.1 Å². The molecule has 5 nitrogen and oxygen atoms in total. The topological polar surface area (TPSA) is 82.3 Å². The molecule has 0 aliphatic rings. The van der Waals surface area contributed by atoms with Crippen molar-refractivity contribution in [2.45, 2.75) is 6.92 Å². The van der Waals surface area contributed by atoms with Gasteiger partial charge in [-0.25, -0.2) is 0 Å². The number of thiocarbonyl (C=S) groups is 1. The van der Waals surface area contributed by atoms with Gasteiger partial charge < -0.3 is 10.2 Å². The Morgan fingerprint density at radius 1 is 1.39 bits per heavy atom. The predicted octanol–water partition coefficient (Wildman–Crippen LogP) is 2.80. The monoisotopic (exact) mass is 262 g/mol. The summed E-state index contributed by atoms with van der Waals surface area (Å²) in [5, 5.41) is 11.0. The molecule has 0 aliphatic heterocycles. The Bertz CT molecular complexity index is 634. The van der Waals surface area contributed by atoms with Crippen LogP contribution in [0, 0.1) is 17.0 Å². The molecule has 0 bridgehead atoms. The van der Waals surface area contributed by atoms with Gasteiger partial charge in [-0.2, -0.15) is 0 Å². The van der Waals surface area contributed by atoms with Crippen molar-refractivity contribution in [1.29, 1.82) is 0 Å². The zero-order chi connectivity index (χ0) is 13.3. The van der Waals surface area contributed by atoms with Crippen molar-refractivity contribution in [3.05, 3.63) is 51.8 Å². The van der Waals surface area contributed by atoms with Crippen molar-refractivity contribution in [1.82, 2.24) is 0 Å². The standard InChI is InChI=1S/C12H10N2O3S/c1-7-2-3-8(9(6-7)14(15)16)10-4-5-11(17-10)12(13)18/h2-6H,1H3,(H2,13,18). The van der Waals surface area contributed by atoms with Gasteiger partial charge in [0.2, 0.25) is 0 Å². The molecule has 2 rings (SSSR count). The highest BCUT2D eigenvalue weighted by Gasteiger charge is 2.18. The lowest BCUT2D eigenvalue weighted by atomic mass is 10.1. The number of benzene rings is 1. The lowest BCUT2D eigenvalue weighted by molar-refractivity contribution is -0.384. The molecule has 2 aromatic rings. The Hall–Kier alpha value is -2.21. The van der Waals surface area contributed by atoms with E-state index in [2.05, 4.69) is 0 Å². The molecule has 2 N–H and O–H groups in total. The molecular formula is C12H10N2O3S. The molecule has 0 aliphatic carbocycles. The molecule has 0 radical (unpaired) electrons. The van der Waals surface area contributed by atoms with Gasteiger partial charge in [0.25, 0.3) is 5.69 Å². The normalized spacial score (nSPS) is 10.3. The number of hydrogen-bond acceptors (Lipinski definition) is 4. The molecule has 1 aromatic carbocycles. The van der Waals surface area contributed by atoms with Crippen LogP contribution in [0.25, 0.3) is 11.3 Å². The highest BCUT2D eigenvalue weighted by molar-refractivity contribution is 7.80. The quantitative estimate of drug-likeness (QED) is 0.522. The molecule has 0 fully saturated rings. The van der Waals surface area contributed by atoms with E-state index in [9.17, 15) is 10.1 Å². The predicted molar refractivity (Wildman–Crippen MR) is 71.4 cm³/mol. The number of rotatable bonds is 3. The molecule has 0 atom stereocenters. The molecule has 1 heterocycles. The van der Waals surface area contributed by atoms with Gasteiger partial charge in [-0.3, -0.25) is 10.1 Å². The maximum atomic E-state index is 11.0. The van der Waals surface area contributed by atoms with Crippen LogP contribution in [0.5, 0.6) is 0 Å². The second-order valence-electron chi connectivity index (χ2n) is 3.81. The third-order valence-corrected chi connectivity index (χ3v) is 2.67. The summed E-state index contributed by atoms with van der Waals surface area (Å²) in [5.41, 5.74) is 6.65. The Morgan fingerprint density at radius 2 is 2.11 bits per heavy atom. The van der Waals surface area contributed by atoms with Gasteiger partial charge in [-0.15, -0.1) is 0 Å². The van der Waals surface area contributed by atoms with Crippen LogP contribution in [0.15, 0.2) is 34.7 Å². The van der Waals surface area contributed by atoms with Crippen LogP contribution in [-0.4, -0.2) is 9.91 Å². The van der Waals surface area contributed by atoms with Gasteiger partial charge in [-0.1, -0.05) is 18.3 Å². The van der Waals surface area contributed by atoms with Crippen LogP contribution in [0.3, 0.4) is 0 Å². The highest BCUT2D eigenvalue weighted by Crippen LogP contribution is 2.31. The lowest BCUT2D eigenvalue weighted by Crippen LogP contribution is -2.07. The molecule has 0 saturated carbocycles. The number of nitro benzene ring substituents is 1. The highest BCUT2D eigenvalue weighted by atomic mass is 32.1. The van der Waals surface area contributed by atoms with Gasteiger partial charge in [0.05, 0.1) is 10.5 Å². The van der Waals surface area contributed by atoms with E-state index in [1.165, 1.54) is 6.07 Å². The lowest BCUT2D eigenvalue weighted by Gasteiger charge is -2.01. The third kappa shape index (κ3) is 2.23.